The third-order valence-electron chi connectivity index (χ3n) is 5.48. The molecule has 0 saturated carbocycles. The molecule has 1 aromatic rings. The van der Waals surface area contributed by atoms with Crippen LogP contribution in [0.4, 0.5) is 0 Å². The van der Waals surface area contributed by atoms with Crippen LogP contribution in [0.25, 0.3) is 0 Å². The highest BCUT2D eigenvalue weighted by atomic mass is 16.7. The molecule has 7 nitrogen and oxygen atoms in total. The quantitative estimate of drug-likeness (QED) is 0.223. The number of rotatable bonds is 16. The van der Waals surface area contributed by atoms with Crippen LogP contribution >= 0.6 is 0 Å². The molecular weight excluding hydrogens is 424 g/mol. The molecule has 0 spiro atoms. The minimum atomic E-state index is -0.581. The number of benzene rings is 1. The van der Waals surface area contributed by atoms with E-state index in [4.69, 9.17) is 23.7 Å². The monoisotopic (exact) mass is 464 g/mol. The van der Waals surface area contributed by atoms with Crippen molar-refractivity contribution < 1.29 is 33.6 Å². The molecule has 7 heteroatoms. The van der Waals surface area contributed by atoms with Gasteiger partial charge in [0.15, 0.2) is 11.5 Å². The molecule has 1 aromatic carbocycles. The topological polar surface area (TPSA) is 83.5 Å². The number of hydrogen-bond donors (Lipinski definition) is 1. The Morgan fingerprint density at radius 3 is 2.33 bits per heavy atom. The molecule has 1 N–H and O–H groups in total. The maximum absolute atomic E-state index is 11.7. The van der Waals surface area contributed by atoms with Gasteiger partial charge in [-0.15, -0.1) is 0 Å². The van der Waals surface area contributed by atoms with E-state index < -0.39 is 24.0 Å². The number of aliphatic hydroxyl groups is 1. The van der Waals surface area contributed by atoms with Gasteiger partial charge in [-0.2, -0.15) is 0 Å². The van der Waals surface area contributed by atoms with E-state index in [1.54, 1.807) is 34.3 Å². The van der Waals surface area contributed by atoms with Crippen LogP contribution in [0, 0.1) is 17.8 Å². The lowest BCUT2D eigenvalue weighted by molar-refractivity contribution is -0.137. The summed E-state index contributed by atoms with van der Waals surface area (Å²) in [6, 6.07) is 5.51. The second-order valence-corrected chi connectivity index (χ2v) is 8.10. The molecule has 1 rings (SSSR count). The van der Waals surface area contributed by atoms with Gasteiger partial charge < -0.3 is 33.6 Å². The van der Waals surface area contributed by atoms with E-state index >= 15 is 0 Å². The van der Waals surface area contributed by atoms with Gasteiger partial charge in [0, 0.05) is 18.9 Å². The Labute approximate surface area is 198 Å². The molecule has 0 unspecified atom stereocenters. The zero-order valence-corrected chi connectivity index (χ0v) is 20.9. The molecule has 0 aliphatic carbocycles. The molecule has 5 atom stereocenters. The normalized spacial score (nSPS) is 16.8. The van der Waals surface area contributed by atoms with Crippen LogP contribution in [0.1, 0.15) is 33.3 Å². The lowest BCUT2D eigenvalue weighted by Gasteiger charge is -2.35. The maximum atomic E-state index is 11.7. The first-order valence-electron chi connectivity index (χ1n) is 11.2. The van der Waals surface area contributed by atoms with Crippen LogP contribution in [0.15, 0.2) is 42.0 Å². The average Bonchev–Trinajstić information content (AvgIpc) is 2.82. The summed E-state index contributed by atoms with van der Waals surface area (Å²) in [6.07, 6.45) is 5.93. The molecule has 186 valence electrons. The summed E-state index contributed by atoms with van der Waals surface area (Å²) in [7, 11) is 4.70. The van der Waals surface area contributed by atoms with Crippen molar-refractivity contribution in [2.24, 2.45) is 17.8 Å². The van der Waals surface area contributed by atoms with E-state index in [1.165, 1.54) is 0 Å². The Bertz CT molecular complexity index is 759. The van der Waals surface area contributed by atoms with Gasteiger partial charge in [0.2, 0.25) is 0 Å². The minimum Gasteiger partial charge on any atom is -0.493 e. The number of carbonyl (C=O) groups excluding carboxylic acids is 1. The standard InChI is InChI=1S/C26H40O7/c1-8-9-18(2)12-19(3)25(33-17-29-5)22(15-28)26(20(4)14-27)32-16-21-10-11-23(30-6)24(13-21)31-7/h8-14,18,20,22,25-26,28H,15-17H2,1-7H3/b9-8+,19-12+/t18-,20+,22+,25+,26-/m0/s1. The maximum Gasteiger partial charge on any atom is 0.161 e. The fourth-order valence-corrected chi connectivity index (χ4v) is 3.88. The molecule has 0 bridgehead atoms. The minimum absolute atomic E-state index is 0.0578. The number of carbonyl (C=O) groups is 1. The highest BCUT2D eigenvalue weighted by Crippen LogP contribution is 2.30. The summed E-state index contributed by atoms with van der Waals surface area (Å²) in [5.74, 6) is 0.468. The highest BCUT2D eigenvalue weighted by Gasteiger charge is 2.35. The van der Waals surface area contributed by atoms with Crippen molar-refractivity contribution in [1.82, 2.24) is 0 Å². The van der Waals surface area contributed by atoms with E-state index in [-0.39, 0.29) is 25.9 Å². The van der Waals surface area contributed by atoms with Gasteiger partial charge in [-0.1, -0.05) is 38.1 Å². The summed E-state index contributed by atoms with van der Waals surface area (Å²) in [4.78, 5) is 11.7. The second kappa shape index (κ2) is 15.6. The Balaban J connectivity index is 3.21. The Morgan fingerprint density at radius 1 is 1.09 bits per heavy atom. The van der Waals surface area contributed by atoms with Gasteiger partial charge in [-0.3, -0.25) is 0 Å². The number of ether oxygens (including phenoxy) is 5. The number of aldehydes is 1. The molecule has 0 heterocycles. The van der Waals surface area contributed by atoms with Crippen molar-refractivity contribution in [3.8, 4) is 11.5 Å². The molecular formula is C26H40O7. The van der Waals surface area contributed by atoms with Crippen molar-refractivity contribution in [3.63, 3.8) is 0 Å². The van der Waals surface area contributed by atoms with Gasteiger partial charge in [-0.05, 0) is 43.0 Å². The van der Waals surface area contributed by atoms with Crippen LogP contribution in [-0.2, 0) is 25.6 Å². The van der Waals surface area contributed by atoms with Gasteiger partial charge >= 0.3 is 0 Å². The van der Waals surface area contributed by atoms with Crippen LogP contribution in [-0.4, -0.2) is 58.3 Å². The molecule has 0 aromatic heterocycles. The first-order valence-corrected chi connectivity index (χ1v) is 11.2. The molecule has 0 radical (unpaired) electrons. The summed E-state index contributed by atoms with van der Waals surface area (Å²) in [6.45, 7) is 7.86. The number of methoxy groups -OCH3 is 3. The smallest absolute Gasteiger partial charge is 0.161 e. The largest absolute Gasteiger partial charge is 0.493 e. The average molecular weight is 465 g/mol. The predicted octanol–water partition coefficient (Wildman–Crippen LogP) is 4.18. The Hall–Kier alpha value is -2.19. The Morgan fingerprint density at radius 2 is 1.79 bits per heavy atom. The van der Waals surface area contributed by atoms with Crippen molar-refractivity contribution >= 4 is 6.29 Å². The van der Waals surface area contributed by atoms with Crippen molar-refractivity contribution in [3.05, 3.63) is 47.6 Å². The molecule has 0 amide bonds. The predicted molar refractivity (Wildman–Crippen MR) is 128 cm³/mol. The zero-order valence-electron chi connectivity index (χ0n) is 20.9. The van der Waals surface area contributed by atoms with E-state index in [1.807, 2.05) is 32.1 Å². The van der Waals surface area contributed by atoms with E-state index in [9.17, 15) is 9.90 Å². The zero-order chi connectivity index (χ0) is 24.8. The van der Waals surface area contributed by atoms with Gasteiger partial charge in [0.25, 0.3) is 0 Å². The van der Waals surface area contributed by atoms with Gasteiger partial charge in [-0.25, -0.2) is 0 Å². The van der Waals surface area contributed by atoms with E-state index in [2.05, 4.69) is 19.1 Å². The fourth-order valence-electron chi connectivity index (χ4n) is 3.88. The fraction of sp³-hybridized carbons (Fsp3) is 0.577. The van der Waals surface area contributed by atoms with Crippen LogP contribution in [0.3, 0.4) is 0 Å². The summed E-state index contributed by atoms with van der Waals surface area (Å²) in [5, 5.41) is 10.4. The molecule has 0 fully saturated rings. The van der Waals surface area contributed by atoms with Crippen molar-refractivity contribution in [2.75, 3.05) is 34.7 Å². The SMILES string of the molecule is C/C=C/[C@H](C)/C=C(\C)[C@@H](OCOC)[C@@H](CO)[C@@H](OCc1ccc(OC)c(OC)c1)[C@H](C)C=O. The Kier molecular flexibility index (Phi) is 13.6. The summed E-state index contributed by atoms with van der Waals surface area (Å²) in [5.41, 5.74) is 1.80. The lowest BCUT2D eigenvalue weighted by atomic mass is 9.85. The lowest BCUT2D eigenvalue weighted by Crippen LogP contribution is -2.43. The summed E-state index contributed by atoms with van der Waals surface area (Å²) >= 11 is 0. The number of aliphatic hydroxyl groups excluding tert-OH is 1. The molecule has 0 saturated heterocycles. The first kappa shape index (κ1) is 28.8. The first-order chi connectivity index (χ1) is 15.9. The van der Waals surface area contributed by atoms with Crippen molar-refractivity contribution in [1.29, 1.82) is 0 Å². The number of hydrogen-bond acceptors (Lipinski definition) is 7. The summed E-state index contributed by atoms with van der Waals surface area (Å²) < 4.78 is 28.0. The molecule has 33 heavy (non-hydrogen) atoms. The van der Waals surface area contributed by atoms with Gasteiger partial charge in [0.1, 0.15) is 13.1 Å². The third kappa shape index (κ3) is 8.93. The highest BCUT2D eigenvalue weighted by molar-refractivity contribution is 5.54. The third-order valence-corrected chi connectivity index (χ3v) is 5.48. The second-order valence-electron chi connectivity index (χ2n) is 8.10. The van der Waals surface area contributed by atoms with Crippen molar-refractivity contribution in [2.45, 2.75) is 46.5 Å². The van der Waals surface area contributed by atoms with Crippen LogP contribution in [0.2, 0.25) is 0 Å². The van der Waals surface area contributed by atoms with Crippen LogP contribution < -0.4 is 9.47 Å². The van der Waals surface area contributed by atoms with Crippen LogP contribution in [0.5, 0.6) is 11.5 Å². The molecule has 0 aliphatic rings. The molecule has 0 aliphatic heterocycles. The van der Waals surface area contributed by atoms with Gasteiger partial charge in [0.05, 0.1) is 39.6 Å². The van der Waals surface area contributed by atoms with E-state index in [0.717, 1.165) is 17.4 Å². The van der Waals surface area contributed by atoms with E-state index in [0.29, 0.717) is 11.5 Å². The number of allylic oxidation sites excluding steroid dienone is 3.